The summed E-state index contributed by atoms with van der Waals surface area (Å²) in [4.78, 5) is 10.6. The maximum atomic E-state index is 10.6. The second kappa shape index (κ2) is 9.54. The van der Waals surface area contributed by atoms with Crippen LogP contribution in [0.3, 0.4) is 0 Å². The van der Waals surface area contributed by atoms with E-state index in [2.05, 4.69) is 13.8 Å². The monoisotopic (exact) mass is 278 g/mol. The molecule has 1 N–H and O–H groups in total. The molecule has 0 saturated carbocycles. The van der Waals surface area contributed by atoms with Gasteiger partial charge in [0.1, 0.15) is 0 Å². The minimum absolute atomic E-state index is 0.0794. The summed E-state index contributed by atoms with van der Waals surface area (Å²) >= 11 is 0. The van der Waals surface area contributed by atoms with Crippen LogP contribution in [0.1, 0.15) is 50.7 Å². The van der Waals surface area contributed by atoms with Crippen LogP contribution in [0.25, 0.3) is 0 Å². The number of carbonyl (C=O) groups is 1. The highest BCUT2D eigenvalue weighted by atomic mass is 16.5. The lowest BCUT2D eigenvalue weighted by atomic mass is 10.0. The topological polar surface area (TPSA) is 46.5 Å². The first-order valence-corrected chi connectivity index (χ1v) is 7.53. The third kappa shape index (κ3) is 6.71. The fraction of sp³-hybridized carbons (Fsp3) is 0.588. The van der Waals surface area contributed by atoms with Gasteiger partial charge in [-0.2, -0.15) is 0 Å². The summed E-state index contributed by atoms with van der Waals surface area (Å²) in [7, 11) is 0. The van der Waals surface area contributed by atoms with Gasteiger partial charge < -0.3 is 9.84 Å². The molecule has 0 aliphatic rings. The van der Waals surface area contributed by atoms with Crippen LogP contribution in [0.4, 0.5) is 0 Å². The number of benzene rings is 1. The zero-order valence-electron chi connectivity index (χ0n) is 12.6. The molecule has 112 valence electrons. The van der Waals surface area contributed by atoms with Crippen molar-refractivity contribution in [2.24, 2.45) is 5.92 Å². The Kier molecular flexibility index (Phi) is 7.97. The number of rotatable bonds is 10. The van der Waals surface area contributed by atoms with E-state index in [1.54, 1.807) is 0 Å². The van der Waals surface area contributed by atoms with E-state index >= 15 is 0 Å². The predicted octanol–water partition coefficient (Wildman–Crippen LogP) is 4.05. The van der Waals surface area contributed by atoms with Gasteiger partial charge in [0.15, 0.2) is 0 Å². The van der Waals surface area contributed by atoms with E-state index in [0.29, 0.717) is 12.5 Å². The van der Waals surface area contributed by atoms with E-state index in [9.17, 15) is 4.79 Å². The third-order valence-corrected chi connectivity index (χ3v) is 3.54. The van der Waals surface area contributed by atoms with E-state index in [-0.39, 0.29) is 6.42 Å². The lowest BCUT2D eigenvalue weighted by Crippen LogP contribution is -2.09. The van der Waals surface area contributed by atoms with Crippen LogP contribution in [-0.4, -0.2) is 17.7 Å². The van der Waals surface area contributed by atoms with E-state index in [0.717, 1.165) is 24.2 Å². The van der Waals surface area contributed by atoms with Gasteiger partial charge >= 0.3 is 5.97 Å². The standard InChI is InChI=1S/C17H26O3/c1-3-5-6-14(4-2)12-20-13-16-9-7-15(8-10-16)11-17(18)19/h7-10,14H,3-6,11-13H2,1-2H3,(H,18,19). The van der Waals surface area contributed by atoms with E-state index in [1.807, 2.05) is 24.3 Å². The zero-order valence-corrected chi connectivity index (χ0v) is 12.6. The average molecular weight is 278 g/mol. The normalized spacial score (nSPS) is 12.3. The molecule has 1 aromatic carbocycles. The summed E-state index contributed by atoms with van der Waals surface area (Å²) < 4.78 is 5.77. The zero-order chi connectivity index (χ0) is 14.8. The van der Waals surface area contributed by atoms with Crippen molar-refractivity contribution in [2.45, 2.75) is 52.6 Å². The second-order valence-electron chi connectivity index (χ2n) is 5.32. The Morgan fingerprint density at radius 3 is 2.40 bits per heavy atom. The summed E-state index contributed by atoms with van der Waals surface area (Å²) in [5.74, 6) is -0.142. The average Bonchev–Trinajstić information content (AvgIpc) is 2.44. The highest BCUT2D eigenvalue weighted by Crippen LogP contribution is 2.14. The molecule has 1 atom stereocenters. The maximum absolute atomic E-state index is 10.6. The Labute approximate surface area is 122 Å². The molecular weight excluding hydrogens is 252 g/mol. The summed E-state index contributed by atoms with van der Waals surface area (Å²) in [5.41, 5.74) is 1.93. The van der Waals surface area contributed by atoms with Crippen LogP contribution >= 0.6 is 0 Å². The molecule has 0 amide bonds. The number of carboxylic acid groups (broad SMARTS) is 1. The van der Waals surface area contributed by atoms with Crippen LogP contribution in [-0.2, 0) is 22.6 Å². The van der Waals surface area contributed by atoms with Crippen LogP contribution in [0.15, 0.2) is 24.3 Å². The molecule has 3 heteroatoms. The van der Waals surface area contributed by atoms with Gasteiger partial charge in [-0.3, -0.25) is 4.79 Å². The van der Waals surface area contributed by atoms with Gasteiger partial charge in [-0.05, 0) is 23.5 Å². The van der Waals surface area contributed by atoms with Gasteiger partial charge in [0.25, 0.3) is 0 Å². The molecule has 0 radical (unpaired) electrons. The van der Waals surface area contributed by atoms with Crippen molar-refractivity contribution in [3.05, 3.63) is 35.4 Å². The van der Waals surface area contributed by atoms with E-state index in [4.69, 9.17) is 9.84 Å². The van der Waals surface area contributed by atoms with Gasteiger partial charge in [0.2, 0.25) is 0 Å². The van der Waals surface area contributed by atoms with Gasteiger partial charge in [-0.15, -0.1) is 0 Å². The smallest absolute Gasteiger partial charge is 0.307 e. The quantitative estimate of drug-likeness (QED) is 0.702. The van der Waals surface area contributed by atoms with Crippen molar-refractivity contribution in [3.63, 3.8) is 0 Å². The number of hydrogen-bond acceptors (Lipinski definition) is 2. The Balaban J connectivity index is 2.32. The maximum Gasteiger partial charge on any atom is 0.307 e. The minimum atomic E-state index is -0.796. The van der Waals surface area contributed by atoms with E-state index in [1.165, 1.54) is 19.3 Å². The molecule has 20 heavy (non-hydrogen) atoms. The van der Waals surface area contributed by atoms with Crippen molar-refractivity contribution in [1.29, 1.82) is 0 Å². The predicted molar refractivity (Wildman–Crippen MR) is 80.7 cm³/mol. The fourth-order valence-corrected chi connectivity index (χ4v) is 2.17. The van der Waals surface area contributed by atoms with E-state index < -0.39 is 5.97 Å². The van der Waals surface area contributed by atoms with Crippen LogP contribution in [0, 0.1) is 5.92 Å². The van der Waals surface area contributed by atoms with Crippen LogP contribution in [0.5, 0.6) is 0 Å². The Bertz CT molecular complexity index is 384. The van der Waals surface area contributed by atoms with Gasteiger partial charge in [0, 0.05) is 6.61 Å². The molecule has 0 spiro atoms. The number of ether oxygens (including phenoxy) is 1. The van der Waals surface area contributed by atoms with Gasteiger partial charge in [-0.1, -0.05) is 57.4 Å². The lowest BCUT2D eigenvalue weighted by molar-refractivity contribution is -0.136. The van der Waals surface area contributed by atoms with Crippen molar-refractivity contribution in [2.75, 3.05) is 6.61 Å². The SMILES string of the molecule is CCCCC(CC)COCc1ccc(CC(=O)O)cc1. The summed E-state index contributed by atoms with van der Waals surface area (Å²) in [6.07, 6.45) is 4.99. The first kappa shape index (κ1) is 16.7. The Morgan fingerprint density at radius 2 is 1.85 bits per heavy atom. The van der Waals surface area contributed by atoms with Gasteiger partial charge in [-0.25, -0.2) is 0 Å². The highest BCUT2D eigenvalue weighted by Gasteiger charge is 2.06. The number of hydrogen-bond donors (Lipinski definition) is 1. The Morgan fingerprint density at radius 1 is 1.20 bits per heavy atom. The van der Waals surface area contributed by atoms with Crippen LogP contribution in [0.2, 0.25) is 0 Å². The molecule has 1 unspecified atom stereocenters. The highest BCUT2D eigenvalue weighted by molar-refractivity contribution is 5.70. The summed E-state index contributed by atoms with van der Waals surface area (Å²) in [6.45, 7) is 5.85. The fourth-order valence-electron chi connectivity index (χ4n) is 2.17. The molecule has 0 fully saturated rings. The molecule has 1 rings (SSSR count). The summed E-state index contributed by atoms with van der Waals surface area (Å²) in [6, 6.07) is 7.62. The molecule has 0 aromatic heterocycles. The number of carboxylic acids is 1. The Hall–Kier alpha value is -1.35. The summed E-state index contributed by atoms with van der Waals surface area (Å²) in [5, 5.41) is 8.71. The molecule has 0 aliphatic heterocycles. The van der Waals surface area contributed by atoms with Crippen molar-refractivity contribution in [3.8, 4) is 0 Å². The number of aliphatic carboxylic acids is 1. The molecule has 0 heterocycles. The van der Waals surface area contributed by atoms with Gasteiger partial charge in [0.05, 0.1) is 13.0 Å². The van der Waals surface area contributed by atoms with Crippen molar-refractivity contribution in [1.82, 2.24) is 0 Å². The second-order valence-corrected chi connectivity index (χ2v) is 5.32. The third-order valence-electron chi connectivity index (χ3n) is 3.54. The number of unbranched alkanes of at least 4 members (excludes halogenated alkanes) is 1. The lowest BCUT2D eigenvalue weighted by Gasteiger charge is -2.14. The van der Waals surface area contributed by atoms with Crippen LogP contribution < -0.4 is 0 Å². The molecule has 0 bridgehead atoms. The molecular formula is C17H26O3. The molecule has 3 nitrogen and oxygen atoms in total. The molecule has 0 aliphatic carbocycles. The molecule has 1 aromatic rings. The van der Waals surface area contributed by atoms with Crippen molar-refractivity contribution < 1.29 is 14.6 Å². The minimum Gasteiger partial charge on any atom is -0.481 e. The first-order valence-electron chi connectivity index (χ1n) is 7.53. The van der Waals surface area contributed by atoms with Crippen molar-refractivity contribution >= 4 is 5.97 Å². The largest absolute Gasteiger partial charge is 0.481 e. The first-order chi connectivity index (χ1) is 9.65. The molecule has 0 saturated heterocycles.